The topological polar surface area (TPSA) is 64.4 Å². The molecule has 1 saturated heterocycles. The normalized spacial score (nSPS) is 23.3. The lowest BCUT2D eigenvalue weighted by Gasteiger charge is -2.34. The van der Waals surface area contributed by atoms with Gasteiger partial charge in [0.15, 0.2) is 0 Å². The van der Waals surface area contributed by atoms with E-state index in [1.165, 1.54) is 12.1 Å². The molecule has 2 rings (SSSR count). The van der Waals surface area contributed by atoms with Crippen LogP contribution in [0.25, 0.3) is 0 Å². The zero-order valence-corrected chi connectivity index (χ0v) is 12.4. The fourth-order valence-corrected chi connectivity index (χ4v) is 2.68. The summed E-state index contributed by atoms with van der Waals surface area (Å²) in [4.78, 5) is 10.3. The summed E-state index contributed by atoms with van der Waals surface area (Å²) in [5.74, 6) is 0. The Kier molecular flexibility index (Phi) is 4.54. The van der Waals surface area contributed by atoms with E-state index in [2.05, 4.69) is 28.2 Å². The molecular weight excluding hydrogens is 312 g/mol. The molecule has 0 aromatic heterocycles. The number of nitro benzene ring substituents is 1. The highest BCUT2D eigenvalue weighted by Crippen LogP contribution is 2.24. The van der Waals surface area contributed by atoms with Crippen LogP contribution in [-0.4, -0.2) is 23.7 Å². The third-order valence-electron chi connectivity index (χ3n) is 3.39. The molecule has 104 valence electrons. The van der Waals surface area contributed by atoms with Crippen LogP contribution in [0.2, 0.25) is 0 Å². The van der Waals surface area contributed by atoms with Crippen LogP contribution in [0.4, 0.5) is 5.69 Å². The number of ether oxygens (including phenoxy) is 1. The van der Waals surface area contributed by atoms with Gasteiger partial charge in [-0.25, -0.2) is 0 Å². The van der Waals surface area contributed by atoms with Gasteiger partial charge in [0.1, 0.15) is 0 Å². The summed E-state index contributed by atoms with van der Waals surface area (Å²) < 4.78 is 6.25. The highest BCUT2D eigenvalue weighted by Gasteiger charge is 2.26. The van der Waals surface area contributed by atoms with Crippen LogP contribution in [0.1, 0.15) is 25.3 Å². The van der Waals surface area contributed by atoms with Gasteiger partial charge in [0.05, 0.1) is 11.5 Å². The van der Waals surface area contributed by atoms with Gasteiger partial charge in [-0.3, -0.25) is 10.1 Å². The molecule has 1 N–H and O–H groups in total. The van der Waals surface area contributed by atoms with Gasteiger partial charge in [0, 0.05) is 35.3 Å². The Hall–Kier alpha value is -0.980. The average molecular weight is 329 g/mol. The molecule has 0 aliphatic carbocycles. The number of hydrogen-bond donors (Lipinski definition) is 1. The predicted octanol–water partition coefficient (Wildman–Crippen LogP) is 3.02. The van der Waals surface area contributed by atoms with Crippen LogP contribution < -0.4 is 5.32 Å². The first-order valence-corrected chi connectivity index (χ1v) is 7.05. The zero-order chi connectivity index (χ0) is 13.9. The van der Waals surface area contributed by atoms with Crippen molar-refractivity contribution in [2.75, 3.05) is 13.2 Å². The molecule has 1 heterocycles. The Morgan fingerprint density at radius 2 is 2.37 bits per heavy atom. The molecule has 0 spiro atoms. The van der Waals surface area contributed by atoms with Crippen molar-refractivity contribution in [3.63, 3.8) is 0 Å². The minimum Gasteiger partial charge on any atom is -0.380 e. The standard InChI is InChI=1S/C13H17BrN2O3/c1-13(5-2-6-19-9-13)15-8-10-3-4-11(16(17)18)7-12(10)14/h3-4,7,15H,2,5-6,8-9H2,1H3. The van der Waals surface area contributed by atoms with Crippen LogP contribution in [0.3, 0.4) is 0 Å². The lowest BCUT2D eigenvalue weighted by Crippen LogP contribution is -2.48. The van der Waals surface area contributed by atoms with E-state index in [1.807, 2.05) is 0 Å². The summed E-state index contributed by atoms with van der Waals surface area (Å²) in [7, 11) is 0. The lowest BCUT2D eigenvalue weighted by molar-refractivity contribution is -0.384. The van der Waals surface area contributed by atoms with Crippen molar-refractivity contribution in [1.82, 2.24) is 5.32 Å². The molecule has 6 heteroatoms. The maximum absolute atomic E-state index is 10.7. The van der Waals surface area contributed by atoms with Gasteiger partial charge in [-0.05, 0) is 31.4 Å². The van der Waals surface area contributed by atoms with Crippen molar-refractivity contribution in [1.29, 1.82) is 0 Å². The molecule has 1 aromatic carbocycles. The van der Waals surface area contributed by atoms with Crippen LogP contribution >= 0.6 is 15.9 Å². The molecule has 1 unspecified atom stereocenters. The third-order valence-corrected chi connectivity index (χ3v) is 4.13. The Morgan fingerprint density at radius 3 is 2.95 bits per heavy atom. The molecule has 0 saturated carbocycles. The number of non-ortho nitro benzene ring substituents is 1. The fraction of sp³-hybridized carbons (Fsp3) is 0.538. The molecule has 1 atom stereocenters. The molecule has 0 radical (unpaired) electrons. The quantitative estimate of drug-likeness (QED) is 0.681. The molecule has 0 amide bonds. The number of hydrogen-bond acceptors (Lipinski definition) is 4. The van der Waals surface area contributed by atoms with E-state index in [0.717, 1.165) is 29.5 Å². The smallest absolute Gasteiger partial charge is 0.270 e. The summed E-state index contributed by atoms with van der Waals surface area (Å²) in [6, 6.07) is 4.85. The number of nitro groups is 1. The first-order valence-electron chi connectivity index (χ1n) is 6.26. The summed E-state index contributed by atoms with van der Waals surface area (Å²) in [6.45, 7) is 4.35. The van der Waals surface area contributed by atoms with E-state index in [0.29, 0.717) is 13.2 Å². The van der Waals surface area contributed by atoms with Crippen LogP contribution in [0, 0.1) is 10.1 Å². The second-order valence-electron chi connectivity index (χ2n) is 5.10. The Morgan fingerprint density at radius 1 is 1.58 bits per heavy atom. The second kappa shape index (κ2) is 5.98. The summed E-state index contributed by atoms with van der Waals surface area (Å²) >= 11 is 3.38. The summed E-state index contributed by atoms with van der Waals surface area (Å²) in [6.07, 6.45) is 2.14. The van der Waals surface area contributed by atoms with Gasteiger partial charge in [-0.2, -0.15) is 0 Å². The first kappa shape index (κ1) is 14.4. The minimum atomic E-state index is -0.391. The lowest BCUT2D eigenvalue weighted by atomic mass is 9.94. The maximum Gasteiger partial charge on any atom is 0.270 e. The van der Waals surface area contributed by atoms with Crippen molar-refractivity contribution in [3.05, 3.63) is 38.3 Å². The highest BCUT2D eigenvalue weighted by molar-refractivity contribution is 9.10. The number of benzene rings is 1. The monoisotopic (exact) mass is 328 g/mol. The molecule has 1 aliphatic heterocycles. The summed E-state index contributed by atoms with van der Waals surface area (Å²) in [5, 5.41) is 14.2. The Balaban J connectivity index is 2.01. The van der Waals surface area contributed by atoms with Gasteiger partial charge >= 0.3 is 0 Å². The molecular formula is C13H17BrN2O3. The van der Waals surface area contributed by atoms with Crippen molar-refractivity contribution < 1.29 is 9.66 Å². The van der Waals surface area contributed by atoms with Gasteiger partial charge in [0.2, 0.25) is 0 Å². The largest absolute Gasteiger partial charge is 0.380 e. The van der Waals surface area contributed by atoms with E-state index in [4.69, 9.17) is 4.74 Å². The van der Waals surface area contributed by atoms with Gasteiger partial charge in [-0.15, -0.1) is 0 Å². The minimum absolute atomic E-state index is 0.0144. The highest BCUT2D eigenvalue weighted by atomic mass is 79.9. The van der Waals surface area contributed by atoms with E-state index in [9.17, 15) is 10.1 Å². The molecule has 1 aromatic rings. The van der Waals surface area contributed by atoms with E-state index >= 15 is 0 Å². The van der Waals surface area contributed by atoms with Gasteiger partial charge in [0.25, 0.3) is 5.69 Å². The molecule has 1 aliphatic rings. The van der Waals surface area contributed by atoms with Crippen molar-refractivity contribution in [2.24, 2.45) is 0 Å². The molecule has 0 bridgehead atoms. The third kappa shape index (κ3) is 3.75. The molecule has 5 nitrogen and oxygen atoms in total. The number of nitrogens with one attached hydrogen (secondary N) is 1. The molecule has 1 fully saturated rings. The predicted molar refractivity (Wildman–Crippen MR) is 76.1 cm³/mol. The molecule has 19 heavy (non-hydrogen) atoms. The van der Waals surface area contributed by atoms with E-state index in [1.54, 1.807) is 6.07 Å². The van der Waals surface area contributed by atoms with Gasteiger partial charge in [-0.1, -0.05) is 15.9 Å². The average Bonchev–Trinajstić information content (AvgIpc) is 2.38. The number of nitrogens with zero attached hydrogens (tertiary/aromatic N) is 1. The Bertz CT molecular complexity index is 473. The Labute approximate surface area is 120 Å². The zero-order valence-electron chi connectivity index (χ0n) is 10.8. The van der Waals surface area contributed by atoms with Crippen molar-refractivity contribution >= 4 is 21.6 Å². The van der Waals surface area contributed by atoms with Gasteiger partial charge < -0.3 is 10.1 Å². The maximum atomic E-state index is 10.7. The fourth-order valence-electron chi connectivity index (χ4n) is 2.18. The van der Waals surface area contributed by atoms with Crippen molar-refractivity contribution in [2.45, 2.75) is 31.8 Å². The first-order chi connectivity index (χ1) is 9.00. The van der Waals surface area contributed by atoms with E-state index in [-0.39, 0.29) is 11.2 Å². The SMILES string of the molecule is CC1(NCc2ccc([N+](=O)[O-])cc2Br)CCCOC1. The summed E-state index contributed by atoms with van der Waals surface area (Å²) in [5.41, 5.74) is 1.10. The van der Waals surface area contributed by atoms with Crippen molar-refractivity contribution in [3.8, 4) is 0 Å². The number of halogens is 1. The van der Waals surface area contributed by atoms with Crippen LogP contribution in [0.15, 0.2) is 22.7 Å². The van der Waals surface area contributed by atoms with Crippen LogP contribution in [0.5, 0.6) is 0 Å². The second-order valence-corrected chi connectivity index (χ2v) is 5.96. The number of rotatable bonds is 4. The van der Waals surface area contributed by atoms with Crippen LogP contribution in [-0.2, 0) is 11.3 Å². The van der Waals surface area contributed by atoms with E-state index < -0.39 is 4.92 Å².